The molecule has 2 aromatic rings. The van der Waals surface area contributed by atoms with Gasteiger partial charge in [0, 0.05) is 30.6 Å². The molecule has 0 atom stereocenters. The summed E-state index contributed by atoms with van der Waals surface area (Å²) in [5.41, 5.74) is 0.691. The van der Waals surface area contributed by atoms with E-state index in [1.54, 1.807) is 30.6 Å². The molecule has 0 aliphatic carbocycles. The molecule has 118 valence electrons. The van der Waals surface area contributed by atoms with E-state index in [1.807, 2.05) is 31.3 Å². The lowest BCUT2D eigenvalue weighted by Gasteiger charge is -2.17. The number of carbonyl (C=O) groups is 1. The third kappa shape index (κ3) is 4.57. The van der Waals surface area contributed by atoms with Gasteiger partial charge >= 0.3 is 0 Å². The molecule has 0 spiro atoms. The predicted molar refractivity (Wildman–Crippen MR) is 85.9 cm³/mol. The Hall–Kier alpha value is -1.86. The molecule has 0 saturated carbocycles. The molecule has 2 rings (SSSR count). The Labute approximate surface area is 134 Å². The van der Waals surface area contributed by atoms with Crippen LogP contribution in [0.5, 0.6) is 0 Å². The van der Waals surface area contributed by atoms with Gasteiger partial charge < -0.3 is 14.7 Å². The first-order valence-electron chi connectivity index (χ1n) is 7.02. The van der Waals surface area contributed by atoms with Crippen LogP contribution in [0.4, 0.5) is 0 Å². The second kappa shape index (κ2) is 7.95. The van der Waals surface area contributed by atoms with Crippen LogP contribution >= 0.6 is 11.8 Å². The van der Waals surface area contributed by atoms with Gasteiger partial charge in [-0.1, -0.05) is 5.16 Å². The maximum Gasteiger partial charge on any atom is 0.253 e. The van der Waals surface area contributed by atoms with Crippen LogP contribution in [0.1, 0.15) is 22.1 Å². The Morgan fingerprint density at radius 1 is 1.36 bits per heavy atom. The van der Waals surface area contributed by atoms with E-state index < -0.39 is 0 Å². The minimum Gasteiger partial charge on any atom is -0.340 e. The third-order valence-electron chi connectivity index (χ3n) is 3.08. The fraction of sp³-hybridized carbons (Fsp3) is 0.400. The molecule has 1 heterocycles. The summed E-state index contributed by atoms with van der Waals surface area (Å²) in [6.45, 7) is 3.25. The number of nitrogens with one attached hydrogen (secondary N) is 1. The highest BCUT2D eigenvalue weighted by Crippen LogP contribution is 2.22. The maximum atomic E-state index is 12.2. The normalized spacial score (nSPS) is 10.7. The molecule has 0 saturated heterocycles. The smallest absolute Gasteiger partial charge is 0.253 e. The van der Waals surface area contributed by atoms with Gasteiger partial charge in [0.25, 0.3) is 5.91 Å². The van der Waals surface area contributed by atoms with E-state index >= 15 is 0 Å². The van der Waals surface area contributed by atoms with Crippen molar-refractivity contribution in [2.24, 2.45) is 0 Å². The first-order valence-corrected chi connectivity index (χ1v) is 8.01. The lowest BCUT2D eigenvalue weighted by molar-refractivity contribution is 0.0797. The summed E-state index contributed by atoms with van der Waals surface area (Å²) in [5, 5.41) is 6.79. The van der Waals surface area contributed by atoms with E-state index in [1.165, 1.54) is 0 Å². The van der Waals surface area contributed by atoms with Gasteiger partial charge in [0.05, 0.1) is 5.75 Å². The van der Waals surface area contributed by atoms with Crippen LogP contribution in [-0.2, 0) is 5.75 Å². The number of benzene rings is 1. The van der Waals surface area contributed by atoms with Crippen LogP contribution in [0.25, 0.3) is 0 Å². The predicted octanol–water partition coefficient (Wildman–Crippen LogP) is 1.96. The van der Waals surface area contributed by atoms with Crippen molar-refractivity contribution < 1.29 is 9.32 Å². The van der Waals surface area contributed by atoms with Crippen LogP contribution in [-0.4, -0.2) is 48.1 Å². The molecular formula is C15H20N4O2S. The van der Waals surface area contributed by atoms with E-state index in [0.717, 1.165) is 11.4 Å². The van der Waals surface area contributed by atoms with Gasteiger partial charge in [-0.3, -0.25) is 4.79 Å². The molecule has 0 fully saturated rings. The van der Waals surface area contributed by atoms with Gasteiger partial charge in [-0.15, -0.1) is 11.8 Å². The van der Waals surface area contributed by atoms with Crippen LogP contribution in [0.15, 0.2) is 33.7 Å². The Bertz CT molecular complexity index is 612. The van der Waals surface area contributed by atoms with Crippen molar-refractivity contribution in [2.75, 3.05) is 27.2 Å². The molecule has 1 N–H and O–H groups in total. The number of carbonyl (C=O) groups excluding carboxylic acids is 1. The van der Waals surface area contributed by atoms with Gasteiger partial charge in [-0.05, 0) is 38.2 Å². The van der Waals surface area contributed by atoms with Gasteiger partial charge in [-0.25, -0.2) is 0 Å². The summed E-state index contributed by atoms with van der Waals surface area (Å²) in [4.78, 5) is 19.1. The van der Waals surface area contributed by atoms with Crippen molar-refractivity contribution >= 4 is 17.7 Å². The van der Waals surface area contributed by atoms with E-state index in [2.05, 4.69) is 15.5 Å². The van der Waals surface area contributed by atoms with Gasteiger partial charge in [0.1, 0.15) is 0 Å². The SMILES string of the molecule is CNCCN(C)C(=O)c1ccc(SCc2nc(C)no2)cc1. The molecule has 1 amide bonds. The second-order valence-electron chi connectivity index (χ2n) is 4.88. The molecule has 0 unspecified atom stereocenters. The third-order valence-corrected chi connectivity index (χ3v) is 4.07. The van der Waals surface area contributed by atoms with Crippen LogP contribution in [0, 0.1) is 6.92 Å². The van der Waals surface area contributed by atoms with Crippen molar-refractivity contribution in [2.45, 2.75) is 17.6 Å². The molecule has 0 aliphatic heterocycles. The van der Waals surface area contributed by atoms with Crippen molar-refractivity contribution in [3.8, 4) is 0 Å². The molecule has 6 nitrogen and oxygen atoms in total. The number of aryl methyl sites for hydroxylation is 1. The highest BCUT2D eigenvalue weighted by atomic mass is 32.2. The van der Waals surface area contributed by atoms with Crippen LogP contribution < -0.4 is 5.32 Å². The summed E-state index contributed by atoms with van der Waals surface area (Å²) in [6, 6.07) is 7.57. The lowest BCUT2D eigenvalue weighted by atomic mass is 10.2. The zero-order valence-corrected chi connectivity index (χ0v) is 13.8. The molecule has 1 aromatic heterocycles. The Kier molecular flexibility index (Phi) is 5.97. The lowest BCUT2D eigenvalue weighted by Crippen LogP contribution is -2.32. The topological polar surface area (TPSA) is 71.3 Å². The maximum absolute atomic E-state index is 12.2. The summed E-state index contributed by atoms with van der Waals surface area (Å²) < 4.78 is 5.07. The monoisotopic (exact) mass is 320 g/mol. The fourth-order valence-electron chi connectivity index (χ4n) is 1.84. The number of hydrogen-bond acceptors (Lipinski definition) is 6. The minimum atomic E-state index is 0.0272. The number of hydrogen-bond donors (Lipinski definition) is 1. The number of likely N-dealkylation sites (N-methyl/N-ethyl adjacent to an activating group) is 2. The molecule has 0 bridgehead atoms. The quantitative estimate of drug-likeness (QED) is 0.786. The van der Waals surface area contributed by atoms with Gasteiger partial charge in [0.15, 0.2) is 5.82 Å². The van der Waals surface area contributed by atoms with E-state index in [0.29, 0.717) is 29.6 Å². The zero-order valence-electron chi connectivity index (χ0n) is 13.0. The number of rotatable bonds is 7. The summed E-state index contributed by atoms with van der Waals surface area (Å²) in [5.74, 6) is 1.89. The molecule has 0 aliphatic rings. The van der Waals surface area contributed by atoms with Gasteiger partial charge in [-0.2, -0.15) is 4.98 Å². The molecule has 1 aromatic carbocycles. The standard InChI is InChI=1S/C15H20N4O2S/c1-11-17-14(21-18-11)10-22-13-6-4-12(5-7-13)15(20)19(3)9-8-16-2/h4-7,16H,8-10H2,1-3H3. The average molecular weight is 320 g/mol. The molecule has 7 heteroatoms. The largest absolute Gasteiger partial charge is 0.340 e. The number of nitrogens with zero attached hydrogens (tertiary/aromatic N) is 3. The molecular weight excluding hydrogens is 300 g/mol. The highest BCUT2D eigenvalue weighted by molar-refractivity contribution is 7.98. The van der Waals surface area contributed by atoms with Crippen molar-refractivity contribution in [1.29, 1.82) is 0 Å². The Morgan fingerprint density at radius 3 is 2.68 bits per heavy atom. The van der Waals surface area contributed by atoms with E-state index in [9.17, 15) is 4.79 Å². The molecule has 22 heavy (non-hydrogen) atoms. The molecule has 0 radical (unpaired) electrons. The summed E-state index contributed by atoms with van der Waals surface area (Å²) in [7, 11) is 3.68. The van der Waals surface area contributed by atoms with E-state index in [4.69, 9.17) is 4.52 Å². The second-order valence-corrected chi connectivity index (χ2v) is 5.93. The minimum absolute atomic E-state index is 0.0272. The number of amides is 1. The summed E-state index contributed by atoms with van der Waals surface area (Å²) >= 11 is 1.60. The van der Waals surface area contributed by atoms with E-state index in [-0.39, 0.29) is 5.91 Å². The average Bonchev–Trinajstić information content (AvgIpc) is 2.96. The number of aromatic nitrogens is 2. The van der Waals surface area contributed by atoms with Crippen LogP contribution in [0.2, 0.25) is 0 Å². The van der Waals surface area contributed by atoms with Gasteiger partial charge in [0.2, 0.25) is 5.89 Å². The van der Waals surface area contributed by atoms with Crippen molar-refractivity contribution in [3.63, 3.8) is 0 Å². The first kappa shape index (κ1) is 16.5. The summed E-state index contributed by atoms with van der Waals surface area (Å²) in [6.07, 6.45) is 0. The highest BCUT2D eigenvalue weighted by Gasteiger charge is 2.11. The van der Waals surface area contributed by atoms with Crippen molar-refractivity contribution in [3.05, 3.63) is 41.5 Å². The fourth-order valence-corrected chi connectivity index (χ4v) is 2.57. The number of thioether (sulfide) groups is 1. The van der Waals surface area contributed by atoms with Crippen molar-refractivity contribution in [1.82, 2.24) is 20.4 Å². The van der Waals surface area contributed by atoms with Crippen LogP contribution in [0.3, 0.4) is 0 Å². The first-order chi connectivity index (χ1) is 10.6. The Balaban J connectivity index is 1.90. The zero-order chi connectivity index (χ0) is 15.9. The Morgan fingerprint density at radius 2 is 2.09 bits per heavy atom.